The minimum Gasteiger partial charge on any atom is -0.481 e. The molecule has 0 bridgehead atoms. The lowest BCUT2D eigenvalue weighted by Crippen LogP contribution is -2.22. The largest absolute Gasteiger partial charge is 0.481 e. The van der Waals surface area contributed by atoms with Gasteiger partial charge in [0.05, 0.1) is 6.42 Å². The zero-order valence-electron chi connectivity index (χ0n) is 7.72. The van der Waals surface area contributed by atoms with Crippen LogP contribution in [0, 0.1) is 0 Å². The molecule has 6 nitrogen and oxygen atoms in total. The Morgan fingerprint density at radius 3 is 2.64 bits per heavy atom. The van der Waals surface area contributed by atoms with E-state index in [9.17, 15) is 9.59 Å². The second-order valence-corrected chi connectivity index (χ2v) is 3.67. The quantitative estimate of drug-likeness (QED) is 0.775. The van der Waals surface area contributed by atoms with E-state index < -0.39 is 5.97 Å². The molecule has 14 heavy (non-hydrogen) atoms. The molecule has 0 spiro atoms. The number of anilines is 1. The predicted molar refractivity (Wildman–Crippen MR) is 50.3 cm³/mol. The predicted octanol–water partition coefficient (Wildman–Crippen LogP) is 0.148. The molecule has 0 saturated heterocycles. The van der Waals surface area contributed by atoms with Crippen LogP contribution in [0.1, 0.15) is 11.9 Å². The number of aliphatic carboxylic acids is 1. The molecular formula is C7H9N3O3S. The third-order valence-electron chi connectivity index (χ3n) is 1.52. The van der Waals surface area contributed by atoms with Crippen molar-refractivity contribution in [1.29, 1.82) is 0 Å². The van der Waals surface area contributed by atoms with Gasteiger partial charge in [-0.1, -0.05) is 11.3 Å². The number of hydrogen-bond donors (Lipinski definition) is 1. The van der Waals surface area contributed by atoms with Crippen molar-refractivity contribution in [3.05, 3.63) is 5.01 Å². The van der Waals surface area contributed by atoms with E-state index in [2.05, 4.69) is 10.2 Å². The molecule has 1 heterocycles. The molecule has 0 saturated carbocycles. The van der Waals surface area contributed by atoms with Gasteiger partial charge in [-0.3, -0.25) is 14.5 Å². The summed E-state index contributed by atoms with van der Waals surface area (Å²) in [6, 6.07) is 0. The lowest BCUT2D eigenvalue weighted by atomic mass is 10.5. The fourth-order valence-corrected chi connectivity index (χ4v) is 1.55. The SMILES string of the molecule is CC(=O)N(C)c1nnc(CC(=O)O)s1. The van der Waals surface area contributed by atoms with Crippen LogP contribution in [0.25, 0.3) is 0 Å². The fraction of sp³-hybridized carbons (Fsp3) is 0.429. The Morgan fingerprint density at radius 1 is 1.50 bits per heavy atom. The van der Waals surface area contributed by atoms with Crippen LogP contribution in [0.5, 0.6) is 0 Å². The third kappa shape index (κ3) is 2.49. The number of amides is 1. The first-order chi connectivity index (χ1) is 6.50. The Kier molecular flexibility index (Phi) is 3.13. The van der Waals surface area contributed by atoms with E-state index in [-0.39, 0.29) is 12.3 Å². The van der Waals surface area contributed by atoms with Crippen molar-refractivity contribution >= 4 is 28.3 Å². The van der Waals surface area contributed by atoms with Crippen molar-refractivity contribution in [3.63, 3.8) is 0 Å². The van der Waals surface area contributed by atoms with E-state index in [0.29, 0.717) is 10.1 Å². The summed E-state index contributed by atoms with van der Waals surface area (Å²) >= 11 is 1.10. The summed E-state index contributed by atoms with van der Waals surface area (Å²) in [4.78, 5) is 22.6. The number of nitrogens with zero attached hydrogens (tertiary/aromatic N) is 3. The maximum atomic E-state index is 10.9. The monoisotopic (exact) mass is 215 g/mol. The minimum absolute atomic E-state index is 0.163. The first kappa shape index (κ1) is 10.6. The van der Waals surface area contributed by atoms with E-state index in [1.165, 1.54) is 11.8 Å². The smallest absolute Gasteiger partial charge is 0.310 e. The molecule has 76 valence electrons. The van der Waals surface area contributed by atoms with Crippen LogP contribution in [-0.4, -0.2) is 34.2 Å². The number of carbonyl (C=O) groups is 2. The van der Waals surface area contributed by atoms with Gasteiger partial charge in [-0.05, 0) is 0 Å². The summed E-state index contributed by atoms with van der Waals surface area (Å²) in [7, 11) is 1.56. The van der Waals surface area contributed by atoms with E-state index in [1.54, 1.807) is 7.05 Å². The molecule has 0 atom stereocenters. The van der Waals surface area contributed by atoms with E-state index in [4.69, 9.17) is 5.11 Å². The van der Waals surface area contributed by atoms with E-state index >= 15 is 0 Å². The second kappa shape index (κ2) is 4.14. The Morgan fingerprint density at radius 2 is 2.14 bits per heavy atom. The van der Waals surface area contributed by atoms with Gasteiger partial charge in [0.25, 0.3) is 0 Å². The molecule has 0 fully saturated rings. The highest BCUT2D eigenvalue weighted by Gasteiger charge is 2.13. The van der Waals surface area contributed by atoms with Crippen molar-refractivity contribution in [2.75, 3.05) is 11.9 Å². The Bertz CT molecular complexity index is 363. The van der Waals surface area contributed by atoms with Crippen molar-refractivity contribution < 1.29 is 14.7 Å². The lowest BCUT2D eigenvalue weighted by Gasteiger charge is -2.08. The summed E-state index contributed by atoms with van der Waals surface area (Å²) < 4.78 is 0. The Balaban J connectivity index is 2.77. The van der Waals surface area contributed by atoms with Gasteiger partial charge in [0, 0.05) is 14.0 Å². The molecule has 0 aliphatic heterocycles. The summed E-state index contributed by atoms with van der Waals surface area (Å²) in [6.45, 7) is 1.40. The molecule has 7 heteroatoms. The lowest BCUT2D eigenvalue weighted by molar-refractivity contribution is -0.136. The van der Waals surface area contributed by atoms with Gasteiger partial charge in [0.1, 0.15) is 5.01 Å². The molecule has 1 amide bonds. The number of carbonyl (C=O) groups excluding carboxylic acids is 1. The molecule has 1 N–H and O–H groups in total. The van der Waals surface area contributed by atoms with Crippen LogP contribution < -0.4 is 4.90 Å². The van der Waals surface area contributed by atoms with Gasteiger partial charge in [-0.2, -0.15) is 0 Å². The van der Waals surface area contributed by atoms with Gasteiger partial charge in [-0.15, -0.1) is 10.2 Å². The highest BCUT2D eigenvalue weighted by atomic mass is 32.1. The van der Waals surface area contributed by atoms with Crippen molar-refractivity contribution in [1.82, 2.24) is 10.2 Å². The molecular weight excluding hydrogens is 206 g/mol. The average molecular weight is 215 g/mol. The molecule has 1 aromatic rings. The Hall–Kier alpha value is -1.50. The van der Waals surface area contributed by atoms with Gasteiger partial charge in [0.2, 0.25) is 11.0 Å². The fourth-order valence-electron chi connectivity index (χ4n) is 0.716. The number of rotatable bonds is 3. The maximum absolute atomic E-state index is 10.9. The summed E-state index contributed by atoms with van der Waals surface area (Å²) in [5.41, 5.74) is 0. The molecule has 0 aromatic carbocycles. The van der Waals surface area contributed by atoms with E-state index in [1.807, 2.05) is 0 Å². The highest BCUT2D eigenvalue weighted by molar-refractivity contribution is 7.15. The van der Waals surface area contributed by atoms with Gasteiger partial charge >= 0.3 is 5.97 Å². The maximum Gasteiger partial charge on any atom is 0.310 e. The van der Waals surface area contributed by atoms with E-state index in [0.717, 1.165) is 11.3 Å². The van der Waals surface area contributed by atoms with Crippen LogP contribution >= 0.6 is 11.3 Å². The molecule has 1 aromatic heterocycles. The second-order valence-electron chi connectivity index (χ2n) is 2.63. The summed E-state index contributed by atoms with van der Waals surface area (Å²) in [5.74, 6) is -1.12. The van der Waals surface area contributed by atoms with Gasteiger partial charge in [-0.25, -0.2) is 0 Å². The normalized spacial score (nSPS) is 9.86. The number of hydrogen-bond acceptors (Lipinski definition) is 5. The zero-order chi connectivity index (χ0) is 10.7. The third-order valence-corrected chi connectivity index (χ3v) is 2.52. The zero-order valence-corrected chi connectivity index (χ0v) is 8.54. The number of carboxylic acid groups (broad SMARTS) is 1. The van der Waals surface area contributed by atoms with Crippen LogP contribution in [0.2, 0.25) is 0 Å². The topological polar surface area (TPSA) is 83.4 Å². The average Bonchev–Trinajstić information content (AvgIpc) is 2.50. The summed E-state index contributed by atoms with van der Waals surface area (Å²) in [6.07, 6.45) is -0.163. The Labute approximate surface area is 84.2 Å². The minimum atomic E-state index is -0.960. The summed E-state index contributed by atoms with van der Waals surface area (Å²) in [5, 5.41) is 16.6. The molecule has 0 radical (unpaired) electrons. The molecule has 0 unspecified atom stereocenters. The van der Waals surface area contributed by atoms with Gasteiger partial charge < -0.3 is 5.11 Å². The standard InChI is InChI=1S/C7H9N3O3S/c1-4(11)10(2)7-9-8-5(14-7)3-6(12)13/h3H2,1-2H3,(H,12,13). The van der Waals surface area contributed by atoms with Crippen LogP contribution in [0.3, 0.4) is 0 Å². The number of carboxylic acids is 1. The van der Waals surface area contributed by atoms with Crippen molar-refractivity contribution in [2.45, 2.75) is 13.3 Å². The first-order valence-corrected chi connectivity index (χ1v) is 4.61. The molecule has 0 aliphatic rings. The highest BCUT2D eigenvalue weighted by Crippen LogP contribution is 2.19. The first-order valence-electron chi connectivity index (χ1n) is 3.79. The molecule has 1 rings (SSSR count). The van der Waals surface area contributed by atoms with Crippen LogP contribution in [0.15, 0.2) is 0 Å². The van der Waals surface area contributed by atoms with Crippen LogP contribution in [-0.2, 0) is 16.0 Å². The van der Waals surface area contributed by atoms with Crippen molar-refractivity contribution in [2.24, 2.45) is 0 Å². The molecule has 0 aliphatic carbocycles. The van der Waals surface area contributed by atoms with Crippen molar-refractivity contribution in [3.8, 4) is 0 Å². The van der Waals surface area contributed by atoms with Gasteiger partial charge in [0.15, 0.2) is 0 Å². The van der Waals surface area contributed by atoms with Crippen LogP contribution in [0.4, 0.5) is 5.13 Å². The number of aromatic nitrogens is 2.